The lowest BCUT2D eigenvalue weighted by atomic mass is 9.96. The van der Waals surface area contributed by atoms with Crippen LogP contribution in [0.5, 0.6) is 0 Å². The Hall–Kier alpha value is -3.35. The Bertz CT molecular complexity index is 1020. The summed E-state index contributed by atoms with van der Waals surface area (Å²) in [6.07, 6.45) is 1.86. The van der Waals surface area contributed by atoms with Crippen molar-refractivity contribution >= 4 is 18.0 Å². The van der Waals surface area contributed by atoms with Gasteiger partial charge in [0.1, 0.15) is 12.1 Å². The lowest BCUT2D eigenvalue weighted by Crippen LogP contribution is -2.53. The summed E-state index contributed by atoms with van der Waals surface area (Å²) in [5, 5.41) is 14.9. The number of carbonyl (C=O) groups excluding carboxylic acids is 2. The van der Waals surface area contributed by atoms with Crippen LogP contribution in [0.15, 0.2) is 48.5 Å². The SMILES string of the molecule is CCC(C)(NC(=O)C(C)CCCC(C)NC(=O)OCC1c2ccccc2-c2ccccc21)C(=O)O. The first-order chi connectivity index (χ1) is 16.7. The van der Waals surface area contributed by atoms with Crippen molar-refractivity contribution in [3.8, 4) is 11.1 Å². The van der Waals surface area contributed by atoms with Crippen LogP contribution in [-0.2, 0) is 14.3 Å². The van der Waals surface area contributed by atoms with Gasteiger partial charge in [0.25, 0.3) is 0 Å². The molecule has 2 amide bonds. The summed E-state index contributed by atoms with van der Waals surface area (Å²) in [7, 11) is 0. The number of alkyl carbamates (subject to hydrolysis) is 1. The van der Waals surface area contributed by atoms with Crippen LogP contribution in [0.2, 0.25) is 0 Å². The van der Waals surface area contributed by atoms with Gasteiger partial charge in [0.05, 0.1) is 0 Å². The van der Waals surface area contributed by atoms with E-state index in [0.29, 0.717) is 19.3 Å². The van der Waals surface area contributed by atoms with Gasteiger partial charge >= 0.3 is 12.1 Å². The van der Waals surface area contributed by atoms with Gasteiger partial charge < -0.3 is 20.5 Å². The maximum absolute atomic E-state index is 12.4. The molecule has 0 heterocycles. The van der Waals surface area contributed by atoms with Crippen molar-refractivity contribution in [2.75, 3.05) is 6.61 Å². The molecule has 3 atom stereocenters. The Kier molecular flexibility index (Phi) is 8.54. The third-order valence-corrected chi connectivity index (χ3v) is 7.01. The molecule has 2 aromatic carbocycles. The molecule has 7 nitrogen and oxygen atoms in total. The van der Waals surface area contributed by atoms with E-state index in [4.69, 9.17) is 4.74 Å². The molecular formula is C28H36N2O5. The number of nitrogens with one attached hydrogen (secondary N) is 2. The molecule has 0 saturated heterocycles. The summed E-state index contributed by atoms with van der Waals surface area (Å²) >= 11 is 0. The first-order valence-corrected chi connectivity index (χ1v) is 12.3. The second kappa shape index (κ2) is 11.4. The number of benzene rings is 2. The number of ether oxygens (including phenoxy) is 1. The van der Waals surface area contributed by atoms with Crippen LogP contribution < -0.4 is 10.6 Å². The molecule has 0 aromatic heterocycles. The molecular weight excluding hydrogens is 444 g/mol. The van der Waals surface area contributed by atoms with Gasteiger partial charge in [-0.15, -0.1) is 0 Å². The number of amides is 2. The molecule has 1 aliphatic carbocycles. The summed E-state index contributed by atoms with van der Waals surface area (Å²) in [4.78, 5) is 36.2. The van der Waals surface area contributed by atoms with Gasteiger partial charge in [-0.1, -0.05) is 68.8 Å². The minimum Gasteiger partial charge on any atom is -0.480 e. The van der Waals surface area contributed by atoms with Crippen LogP contribution in [-0.4, -0.2) is 41.3 Å². The van der Waals surface area contributed by atoms with Crippen molar-refractivity contribution in [2.24, 2.45) is 5.92 Å². The largest absolute Gasteiger partial charge is 0.480 e. The number of rotatable bonds is 11. The van der Waals surface area contributed by atoms with Crippen LogP contribution in [0.3, 0.4) is 0 Å². The van der Waals surface area contributed by atoms with E-state index in [1.807, 2.05) is 31.2 Å². The zero-order valence-corrected chi connectivity index (χ0v) is 21.0. The molecule has 3 unspecified atom stereocenters. The highest BCUT2D eigenvalue weighted by atomic mass is 16.5. The molecule has 0 fully saturated rings. The van der Waals surface area contributed by atoms with Gasteiger partial charge in [-0.2, -0.15) is 0 Å². The number of carbonyl (C=O) groups is 3. The van der Waals surface area contributed by atoms with Crippen LogP contribution in [0.25, 0.3) is 11.1 Å². The minimum atomic E-state index is -1.26. The number of fused-ring (bicyclic) bond motifs is 3. The zero-order chi connectivity index (χ0) is 25.6. The van der Waals surface area contributed by atoms with E-state index in [0.717, 1.165) is 6.42 Å². The average Bonchev–Trinajstić information content (AvgIpc) is 3.16. The van der Waals surface area contributed by atoms with Crippen LogP contribution in [0.4, 0.5) is 4.79 Å². The minimum absolute atomic E-state index is 0.0161. The van der Waals surface area contributed by atoms with Crippen LogP contribution in [0, 0.1) is 5.92 Å². The van der Waals surface area contributed by atoms with Crippen molar-refractivity contribution in [1.82, 2.24) is 10.6 Å². The molecule has 188 valence electrons. The normalized spacial score (nSPS) is 15.8. The Morgan fingerprint density at radius 3 is 2.11 bits per heavy atom. The highest BCUT2D eigenvalue weighted by Crippen LogP contribution is 2.44. The monoisotopic (exact) mass is 480 g/mol. The molecule has 3 N–H and O–H groups in total. The van der Waals surface area contributed by atoms with Crippen molar-refractivity contribution in [2.45, 2.75) is 70.9 Å². The van der Waals surface area contributed by atoms with Gasteiger partial charge in [-0.25, -0.2) is 9.59 Å². The van der Waals surface area contributed by atoms with E-state index in [9.17, 15) is 19.5 Å². The number of carboxylic acid groups (broad SMARTS) is 1. The van der Waals surface area contributed by atoms with E-state index in [2.05, 4.69) is 34.9 Å². The molecule has 3 rings (SSSR count). The second-order valence-electron chi connectivity index (χ2n) is 9.68. The van der Waals surface area contributed by atoms with Crippen molar-refractivity contribution in [3.63, 3.8) is 0 Å². The van der Waals surface area contributed by atoms with E-state index in [1.54, 1.807) is 13.8 Å². The topological polar surface area (TPSA) is 105 Å². The Balaban J connectivity index is 1.43. The van der Waals surface area contributed by atoms with Gasteiger partial charge in [-0.05, 0) is 55.4 Å². The van der Waals surface area contributed by atoms with Crippen LogP contribution >= 0.6 is 0 Å². The third-order valence-electron chi connectivity index (χ3n) is 7.01. The Morgan fingerprint density at radius 1 is 1.00 bits per heavy atom. The molecule has 0 bridgehead atoms. The van der Waals surface area contributed by atoms with Crippen molar-refractivity contribution in [1.29, 1.82) is 0 Å². The Labute approximate surface area is 207 Å². The lowest BCUT2D eigenvalue weighted by molar-refractivity contribution is -0.147. The maximum atomic E-state index is 12.4. The Morgan fingerprint density at radius 2 is 1.57 bits per heavy atom. The zero-order valence-electron chi connectivity index (χ0n) is 21.0. The predicted molar refractivity (Wildman–Crippen MR) is 135 cm³/mol. The van der Waals surface area contributed by atoms with Crippen molar-refractivity contribution in [3.05, 3.63) is 59.7 Å². The quantitative estimate of drug-likeness (QED) is 0.416. The molecule has 1 aliphatic rings. The van der Waals surface area contributed by atoms with E-state index in [1.165, 1.54) is 29.2 Å². The fraction of sp³-hybridized carbons (Fsp3) is 0.464. The van der Waals surface area contributed by atoms with Crippen LogP contribution in [0.1, 0.15) is 70.4 Å². The van der Waals surface area contributed by atoms with Gasteiger partial charge in [0.2, 0.25) is 5.91 Å². The summed E-state index contributed by atoms with van der Waals surface area (Å²) in [6, 6.07) is 16.3. The summed E-state index contributed by atoms with van der Waals surface area (Å²) in [6.45, 7) is 7.21. The van der Waals surface area contributed by atoms with E-state index >= 15 is 0 Å². The molecule has 0 spiro atoms. The fourth-order valence-corrected chi connectivity index (χ4v) is 4.46. The van der Waals surface area contributed by atoms with Gasteiger partial charge in [-0.3, -0.25) is 4.79 Å². The average molecular weight is 481 g/mol. The first-order valence-electron chi connectivity index (χ1n) is 12.3. The van der Waals surface area contributed by atoms with Crippen molar-refractivity contribution < 1.29 is 24.2 Å². The highest BCUT2D eigenvalue weighted by Gasteiger charge is 2.34. The number of hydrogen-bond acceptors (Lipinski definition) is 4. The molecule has 0 radical (unpaired) electrons. The summed E-state index contributed by atoms with van der Waals surface area (Å²) in [5.41, 5.74) is 3.45. The van der Waals surface area contributed by atoms with E-state index < -0.39 is 17.6 Å². The number of aliphatic carboxylic acids is 1. The smallest absolute Gasteiger partial charge is 0.407 e. The van der Waals surface area contributed by atoms with Gasteiger partial charge in [0, 0.05) is 17.9 Å². The molecule has 0 saturated carbocycles. The van der Waals surface area contributed by atoms with Gasteiger partial charge in [0.15, 0.2) is 0 Å². The molecule has 35 heavy (non-hydrogen) atoms. The third kappa shape index (κ3) is 6.21. The molecule has 7 heteroatoms. The summed E-state index contributed by atoms with van der Waals surface area (Å²) in [5.74, 6) is -1.61. The lowest BCUT2D eigenvalue weighted by Gasteiger charge is -2.26. The first kappa shape index (κ1) is 26.3. The summed E-state index contributed by atoms with van der Waals surface area (Å²) < 4.78 is 5.60. The maximum Gasteiger partial charge on any atom is 0.407 e. The number of hydrogen-bond donors (Lipinski definition) is 3. The standard InChI is InChI=1S/C28H36N2O5/c1-5-28(4,26(32)33)30-25(31)18(2)11-10-12-19(3)29-27(34)35-17-24-22-15-8-6-13-20(22)21-14-7-9-16-23(21)24/h6-9,13-16,18-19,24H,5,10-12,17H2,1-4H3,(H,29,34)(H,30,31)(H,32,33). The highest BCUT2D eigenvalue weighted by molar-refractivity contribution is 5.87. The second-order valence-corrected chi connectivity index (χ2v) is 9.68. The van der Waals surface area contributed by atoms with E-state index in [-0.39, 0.29) is 30.4 Å². The molecule has 0 aliphatic heterocycles. The predicted octanol–water partition coefficient (Wildman–Crippen LogP) is 5.09. The number of carboxylic acids is 1. The molecule has 2 aromatic rings. The fourth-order valence-electron chi connectivity index (χ4n) is 4.46.